The van der Waals surface area contributed by atoms with Gasteiger partial charge in [0.1, 0.15) is 0 Å². The molecule has 0 bridgehead atoms. The second-order valence-electron chi connectivity index (χ2n) is 4.71. The lowest BCUT2D eigenvalue weighted by Crippen LogP contribution is -2.01. The fourth-order valence-electron chi connectivity index (χ4n) is 2.33. The summed E-state index contributed by atoms with van der Waals surface area (Å²) in [6.07, 6.45) is 1.85. The monoisotopic (exact) mass is 285 g/mol. The van der Waals surface area contributed by atoms with E-state index >= 15 is 0 Å². The van der Waals surface area contributed by atoms with Crippen LogP contribution in [-0.4, -0.2) is 21.6 Å². The number of benzene rings is 1. The molecular formula is C15H15N3OS. The second-order valence-corrected chi connectivity index (χ2v) is 5.10. The highest BCUT2D eigenvalue weighted by Crippen LogP contribution is 2.22. The van der Waals surface area contributed by atoms with Gasteiger partial charge in [0.15, 0.2) is 10.4 Å². The fraction of sp³-hybridized carbons (Fsp3) is 0.200. The normalized spacial score (nSPS) is 11.1. The minimum Gasteiger partial charge on any atom is -0.380 e. The van der Waals surface area contributed by atoms with Crippen molar-refractivity contribution in [2.45, 2.75) is 13.5 Å². The Labute approximate surface area is 122 Å². The first-order chi connectivity index (χ1) is 9.70. The van der Waals surface area contributed by atoms with Gasteiger partial charge in [-0.15, -0.1) is 0 Å². The van der Waals surface area contributed by atoms with Crippen LogP contribution in [0.15, 0.2) is 36.5 Å². The zero-order valence-electron chi connectivity index (χ0n) is 11.4. The molecule has 0 aliphatic rings. The Hall–Kier alpha value is -1.98. The molecule has 0 saturated heterocycles. The Morgan fingerprint density at radius 3 is 2.95 bits per heavy atom. The van der Waals surface area contributed by atoms with E-state index in [9.17, 15) is 0 Å². The van der Waals surface area contributed by atoms with Crippen LogP contribution in [0.25, 0.3) is 16.9 Å². The number of imidazole rings is 1. The number of ether oxygens (including phenoxy) is 1. The third-order valence-electron chi connectivity index (χ3n) is 3.19. The van der Waals surface area contributed by atoms with E-state index < -0.39 is 0 Å². The van der Waals surface area contributed by atoms with E-state index in [1.165, 1.54) is 0 Å². The Balaban J connectivity index is 2.30. The summed E-state index contributed by atoms with van der Waals surface area (Å²) < 4.78 is 7.86. The Morgan fingerprint density at radius 2 is 2.15 bits per heavy atom. The number of H-pyrrole nitrogens is 1. The molecule has 0 saturated carbocycles. The van der Waals surface area contributed by atoms with Crippen molar-refractivity contribution in [2.75, 3.05) is 7.11 Å². The average Bonchev–Trinajstić information content (AvgIpc) is 2.75. The fourth-order valence-corrected chi connectivity index (χ4v) is 2.62. The van der Waals surface area contributed by atoms with Crippen LogP contribution in [0.5, 0.6) is 0 Å². The van der Waals surface area contributed by atoms with Crippen molar-refractivity contribution in [2.24, 2.45) is 0 Å². The number of aromatic amines is 1. The van der Waals surface area contributed by atoms with Crippen LogP contribution in [0.2, 0.25) is 0 Å². The molecule has 3 rings (SSSR count). The SMILES string of the molecule is COCc1ccccc1-n1c(=S)[nH]c2cc(C)cnc21. The van der Waals surface area contributed by atoms with Crippen LogP contribution in [0, 0.1) is 11.7 Å². The molecule has 1 aromatic carbocycles. The summed E-state index contributed by atoms with van der Waals surface area (Å²) in [4.78, 5) is 7.71. The van der Waals surface area contributed by atoms with Gasteiger partial charge in [-0.2, -0.15) is 0 Å². The predicted octanol–water partition coefficient (Wildman–Crippen LogP) is 3.54. The smallest absolute Gasteiger partial charge is 0.184 e. The third-order valence-corrected chi connectivity index (χ3v) is 3.48. The number of aromatic nitrogens is 3. The number of nitrogens with zero attached hydrogens (tertiary/aromatic N) is 2. The number of nitrogens with one attached hydrogen (secondary N) is 1. The molecule has 0 unspecified atom stereocenters. The lowest BCUT2D eigenvalue weighted by atomic mass is 10.2. The highest BCUT2D eigenvalue weighted by atomic mass is 32.1. The molecule has 20 heavy (non-hydrogen) atoms. The van der Waals surface area contributed by atoms with E-state index in [1.807, 2.05) is 48.0 Å². The topological polar surface area (TPSA) is 42.8 Å². The Kier molecular flexibility index (Phi) is 3.38. The predicted molar refractivity (Wildman–Crippen MR) is 81.7 cm³/mol. The van der Waals surface area contributed by atoms with Crippen molar-refractivity contribution in [3.8, 4) is 5.69 Å². The van der Waals surface area contributed by atoms with Crippen molar-refractivity contribution in [3.63, 3.8) is 0 Å². The summed E-state index contributed by atoms with van der Waals surface area (Å²) in [5.41, 5.74) is 4.97. The number of aryl methyl sites for hydroxylation is 1. The van der Waals surface area contributed by atoms with Gasteiger partial charge in [0.25, 0.3) is 0 Å². The number of hydrogen-bond acceptors (Lipinski definition) is 3. The molecule has 2 aromatic heterocycles. The van der Waals surface area contributed by atoms with Crippen LogP contribution in [-0.2, 0) is 11.3 Å². The van der Waals surface area contributed by atoms with Gasteiger partial charge in [0, 0.05) is 18.9 Å². The van der Waals surface area contributed by atoms with Crippen LogP contribution in [0.4, 0.5) is 0 Å². The molecule has 3 aromatic rings. The summed E-state index contributed by atoms with van der Waals surface area (Å²) >= 11 is 5.45. The van der Waals surface area contributed by atoms with Crippen LogP contribution < -0.4 is 0 Å². The lowest BCUT2D eigenvalue weighted by Gasteiger charge is -2.10. The number of hydrogen-bond donors (Lipinski definition) is 1. The molecule has 0 atom stereocenters. The zero-order chi connectivity index (χ0) is 14.1. The highest BCUT2D eigenvalue weighted by Gasteiger charge is 2.11. The summed E-state index contributed by atoms with van der Waals surface area (Å²) in [6.45, 7) is 2.55. The zero-order valence-corrected chi connectivity index (χ0v) is 12.2. The van der Waals surface area contributed by atoms with E-state index in [2.05, 4.69) is 9.97 Å². The van der Waals surface area contributed by atoms with Gasteiger partial charge in [0.05, 0.1) is 17.8 Å². The van der Waals surface area contributed by atoms with Crippen molar-refractivity contribution in [3.05, 3.63) is 52.4 Å². The summed E-state index contributed by atoms with van der Waals surface area (Å²) in [5, 5.41) is 0. The number of fused-ring (bicyclic) bond motifs is 1. The Morgan fingerprint density at radius 1 is 1.35 bits per heavy atom. The van der Waals surface area contributed by atoms with E-state index in [0.29, 0.717) is 11.4 Å². The van der Waals surface area contributed by atoms with E-state index in [1.54, 1.807) is 7.11 Å². The third kappa shape index (κ3) is 2.15. The molecular weight excluding hydrogens is 270 g/mol. The minimum atomic E-state index is 0.538. The van der Waals surface area contributed by atoms with Gasteiger partial charge in [-0.1, -0.05) is 18.2 Å². The first-order valence-electron chi connectivity index (χ1n) is 6.35. The first-order valence-corrected chi connectivity index (χ1v) is 6.76. The molecule has 0 amide bonds. The number of methoxy groups -OCH3 is 1. The maximum Gasteiger partial charge on any atom is 0.184 e. The maximum atomic E-state index is 5.45. The van der Waals surface area contributed by atoms with Gasteiger partial charge in [-0.25, -0.2) is 4.98 Å². The van der Waals surface area contributed by atoms with E-state index in [0.717, 1.165) is 28.0 Å². The molecule has 5 heteroatoms. The van der Waals surface area contributed by atoms with Crippen molar-refractivity contribution in [1.82, 2.24) is 14.5 Å². The largest absolute Gasteiger partial charge is 0.380 e. The molecule has 4 nitrogen and oxygen atoms in total. The Bertz CT molecular complexity index is 819. The van der Waals surface area contributed by atoms with Gasteiger partial charge in [-0.3, -0.25) is 4.57 Å². The molecule has 0 fully saturated rings. The van der Waals surface area contributed by atoms with Gasteiger partial charge in [0.2, 0.25) is 0 Å². The van der Waals surface area contributed by atoms with Crippen molar-refractivity contribution >= 4 is 23.4 Å². The maximum absolute atomic E-state index is 5.45. The lowest BCUT2D eigenvalue weighted by molar-refractivity contribution is 0.185. The quantitative estimate of drug-likeness (QED) is 0.748. The van der Waals surface area contributed by atoms with Gasteiger partial charge < -0.3 is 9.72 Å². The van der Waals surface area contributed by atoms with E-state index in [4.69, 9.17) is 17.0 Å². The van der Waals surface area contributed by atoms with Crippen molar-refractivity contribution in [1.29, 1.82) is 0 Å². The van der Waals surface area contributed by atoms with Crippen LogP contribution >= 0.6 is 12.2 Å². The highest BCUT2D eigenvalue weighted by molar-refractivity contribution is 7.71. The summed E-state index contributed by atoms with van der Waals surface area (Å²) in [5.74, 6) is 0. The number of rotatable bonds is 3. The number of para-hydroxylation sites is 1. The van der Waals surface area contributed by atoms with Crippen LogP contribution in [0.3, 0.4) is 0 Å². The minimum absolute atomic E-state index is 0.538. The van der Waals surface area contributed by atoms with Crippen LogP contribution in [0.1, 0.15) is 11.1 Å². The molecule has 1 N–H and O–H groups in total. The second kappa shape index (κ2) is 5.19. The molecule has 0 spiro atoms. The standard InChI is InChI=1S/C15H15N3OS/c1-10-7-12-14(16-8-10)18(15(20)17-12)13-6-4-3-5-11(13)9-19-2/h3-8H,9H2,1-2H3,(H,17,20). The first kappa shape index (κ1) is 13.0. The van der Waals surface area contributed by atoms with Crippen molar-refractivity contribution < 1.29 is 4.74 Å². The molecule has 0 radical (unpaired) electrons. The average molecular weight is 285 g/mol. The number of pyridine rings is 1. The van der Waals surface area contributed by atoms with Gasteiger partial charge >= 0.3 is 0 Å². The summed E-state index contributed by atoms with van der Waals surface area (Å²) in [6, 6.07) is 10.1. The molecule has 2 heterocycles. The molecule has 102 valence electrons. The van der Waals surface area contributed by atoms with E-state index in [-0.39, 0.29) is 0 Å². The summed E-state index contributed by atoms with van der Waals surface area (Å²) in [7, 11) is 1.69. The van der Waals surface area contributed by atoms with Gasteiger partial charge in [-0.05, 0) is 36.8 Å². The molecule has 0 aliphatic heterocycles. The molecule has 0 aliphatic carbocycles.